The van der Waals surface area contributed by atoms with Crippen molar-refractivity contribution in [3.8, 4) is 0 Å². The van der Waals surface area contributed by atoms with Gasteiger partial charge in [0, 0.05) is 24.7 Å². The first-order chi connectivity index (χ1) is 16.9. The Morgan fingerprint density at radius 1 is 1.00 bits per heavy atom. The van der Waals surface area contributed by atoms with E-state index in [0.29, 0.717) is 11.4 Å². The number of carboxylic acids is 2. The summed E-state index contributed by atoms with van der Waals surface area (Å²) in [7, 11) is 0. The predicted octanol–water partition coefficient (Wildman–Crippen LogP) is -2.69. The summed E-state index contributed by atoms with van der Waals surface area (Å²) >= 11 is 1.38. The van der Waals surface area contributed by atoms with Crippen molar-refractivity contribution < 1.29 is 39.0 Å². The van der Waals surface area contributed by atoms with Gasteiger partial charge in [-0.2, -0.15) is 11.8 Å². The SMILES string of the molecule is CSCCC(NC(=O)C(CCC(N)=O)NC(=O)C(N)CC(=O)O)C(=O)NC(Cc1cnc[nH]1)C(=O)O. The molecule has 0 aliphatic rings. The van der Waals surface area contributed by atoms with E-state index in [1.807, 2.05) is 0 Å². The molecule has 10 N–H and O–H groups in total. The molecule has 1 heterocycles. The van der Waals surface area contributed by atoms with Crippen LogP contribution in [0.3, 0.4) is 0 Å². The Balaban J connectivity index is 2.98. The molecular weight excluding hydrogens is 498 g/mol. The molecule has 0 saturated carbocycles. The topological polar surface area (TPSA) is 260 Å². The highest BCUT2D eigenvalue weighted by molar-refractivity contribution is 7.98. The lowest BCUT2D eigenvalue weighted by atomic mass is 10.1. The lowest BCUT2D eigenvalue weighted by Gasteiger charge is -2.25. The van der Waals surface area contributed by atoms with Crippen molar-refractivity contribution in [3.05, 3.63) is 18.2 Å². The second-order valence-electron chi connectivity index (χ2n) is 7.79. The number of carboxylic acid groups (broad SMARTS) is 2. The fraction of sp³-hybridized carbons (Fsp3) is 0.550. The van der Waals surface area contributed by atoms with E-state index in [9.17, 15) is 33.9 Å². The lowest BCUT2D eigenvalue weighted by molar-refractivity contribution is -0.142. The monoisotopic (exact) mass is 529 g/mol. The average Bonchev–Trinajstić information content (AvgIpc) is 3.30. The Bertz CT molecular complexity index is 927. The highest BCUT2D eigenvalue weighted by Crippen LogP contribution is 2.06. The van der Waals surface area contributed by atoms with Gasteiger partial charge in [0.2, 0.25) is 23.6 Å². The zero-order valence-electron chi connectivity index (χ0n) is 19.6. The van der Waals surface area contributed by atoms with Crippen LogP contribution in [0.25, 0.3) is 0 Å². The fourth-order valence-electron chi connectivity index (χ4n) is 2.98. The number of imidazole rings is 1. The molecule has 0 aliphatic carbocycles. The van der Waals surface area contributed by atoms with Crippen molar-refractivity contribution in [2.45, 2.75) is 56.3 Å². The molecule has 200 valence electrons. The van der Waals surface area contributed by atoms with E-state index in [1.54, 1.807) is 6.26 Å². The van der Waals surface area contributed by atoms with Crippen molar-refractivity contribution in [3.63, 3.8) is 0 Å². The van der Waals surface area contributed by atoms with E-state index < -0.39 is 66.2 Å². The molecule has 15 nitrogen and oxygen atoms in total. The summed E-state index contributed by atoms with van der Waals surface area (Å²) in [6.07, 6.45) is 3.38. The Labute approximate surface area is 210 Å². The molecule has 4 unspecified atom stereocenters. The van der Waals surface area contributed by atoms with Gasteiger partial charge in [0.25, 0.3) is 0 Å². The minimum atomic E-state index is -1.46. The molecule has 1 rings (SSSR count). The molecule has 0 fully saturated rings. The first-order valence-corrected chi connectivity index (χ1v) is 12.2. The van der Waals surface area contributed by atoms with E-state index in [4.69, 9.17) is 16.6 Å². The predicted molar refractivity (Wildman–Crippen MR) is 127 cm³/mol. The second kappa shape index (κ2) is 15.4. The van der Waals surface area contributed by atoms with Crippen molar-refractivity contribution in [2.75, 3.05) is 12.0 Å². The quantitative estimate of drug-likeness (QED) is 0.103. The molecule has 0 bridgehead atoms. The number of nitrogens with two attached hydrogens (primary N) is 2. The Morgan fingerprint density at radius 2 is 1.58 bits per heavy atom. The highest BCUT2D eigenvalue weighted by Gasteiger charge is 2.31. The lowest BCUT2D eigenvalue weighted by Crippen LogP contribution is -2.57. The molecule has 0 radical (unpaired) electrons. The summed E-state index contributed by atoms with van der Waals surface area (Å²) in [6.45, 7) is 0. The van der Waals surface area contributed by atoms with E-state index in [-0.39, 0.29) is 25.7 Å². The number of nitrogens with zero attached hydrogens (tertiary/aromatic N) is 1. The number of aromatic nitrogens is 2. The highest BCUT2D eigenvalue weighted by atomic mass is 32.2. The maximum absolute atomic E-state index is 12.9. The van der Waals surface area contributed by atoms with Gasteiger partial charge in [-0.3, -0.25) is 24.0 Å². The van der Waals surface area contributed by atoms with E-state index in [2.05, 4.69) is 25.9 Å². The Kier molecular flexibility index (Phi) is 13.0. The van der Waals surface area contributed by atoms with Crippen LogP contribution in [0.1, 0.15) is 31.4 Å². The third-order valence-corrected chi connectivity index (χ3v) is 5.52. The molecule has 0 aromatic carbocycles. The van der Waals surface area contributed by atoms with E-state index in [1.165, 1.54) is 24.3 Å². The molecule has 1 aromatic heterocycles. The molecule has 4 amide bonds. The van der Waals surface area contributed by atoms with Gasteiger partial charge >= 0.3 is 11.9 Å². The normalized spacial score (nSPS) is 14.1. The van der Waals surface area contributed by atoms with E-state index >= 15 is 0 Å². The molecule has 0 aliphatic heterocycles. The number of nitrogens with one attached hydrogen (secondary N) is 4. The van der Waals surface area contributed by atoms with Gasteiger partial charge in [-0.25, -0.2) is 9.78 Å². The van der Waals surface area contributed by atoms with Gasteiger partial charge in [-0.1, -0.05) is 0 Å². The largest absolute Gasteiger partial charge is 0.481 e. The van der Waals surface area contributed by atoms with Crippen LogP contribution in [-0.4, -0.2) is 91.9 Å². The van der Waals surface area contributed by atoms with Crippen LogP contribution in [0.2, 0.25) is 0 Å². The zero-order valence-corrected chi connectivity index (χ0v) is 20.4. The number of primary amides is 1. The summed E-state index contributed by atoms with van der Waals surface area (Å²) < 4.78 is 0. The summed E-state index contributed by atoms with van der Waals surface area (Å²) in [5, 5.41) is 25.4. The van der Waals surface area contributed by atoms with Crippen LogP contribution in [-0.2, 0) is 35.2 Å². The number of amides is 4. The number of thioether (sulfide) groups is 1. The molecule has 0 spiro atoms. The van der Waals surface area contributed by atoms with Crippen LogP contribution < -0.4 is 27.4 Å². The molecule has 0 saturated heterocycles. The van der Waals surface area contributed by atoms with Gasteiger partial charge in [0.1, 0.15) is 18.1 Å². The van der Waals surface area contributed by atoms with Crippen LogP contribution in [0.15, 0.2) is 12.5 Å². The fourth-order valence-corrected chi connectivity index (χ4v) is 3.45. The van der Waals surface area contributed by atoms with Crippen molar-refractivity contribution in [2.24, 2.45) is 11.5 Å². The van der Waals surface area contributed by atoms with Gasteiger partial charge in [-0.15, -0.1) is 0 Å². The minimum absolute atomic E-state index is 0.0803. The third kappa shape index (κ3) is 11.2. The molecule has 16 heteroatoms. The number of aromatic amines is 1. The number of aliphatic carboxylic acids is 2. The number of hydrogen-bond donors (Lipinski definition) is 8. The summed E-state index contributed by atoms with van der Waals surface area (Å²) in [6, 6.07) is -5.30. The van der Waals surface area contributed by atoms with Crippen LogP contribution in [0.5, 0.6) is 0 Å². The van der Waals surface area contributed by atoms with Gasteiger partial charge in [-0.05, 0) is 24.9 Å². The second-order valence-corrected chi connectivity index (χ2v) is 8.78. The van der Waals surface area contributed by atoms with Gasteiger partial charge < -0.3 is 42.6 Å². The van der Waals surface area contributed by atoms with Crippen LogP contribution in [0, 0.1) is 0 Å². The molecule has 4 atom stereocenters. The first-order valence-electron chi connectivity index (χ1n) is 10.8. The minimum Gasteiger partial charge on any atom is -0.481 e. The number of carbonyl (C=O) groups is 6. The molecule has 36 heavy (non-hydrogen) atoms. The number of hydrogen-bond acceptors (Lipinski definition) is 9. The molecule has 1 aromatic rings. The summed E-state index contributed by atoms with van der Waals surface area (Å²) in [5.41, 5.74) is 11.1. The number of H-pyrrole nitrogens is 1. The van der Waals surface area contributed by atoms with Crippen molar-refractivity contribution in [1.29, 1.82) is 0 Å². The third-order valence-electron chi connectivity index (χ3n) is 4.88. The average molecular weight is 530 g/mol. The summed E-state index contributed by atoms with van der Waals surface area (Å²) in [5.74, 6) is -5.52. The first kappa shape index (κ1) is 30.4. The van der Waals surface area contributed by atoms with Gasteiger partial charge in [0.15, 0.2) is 0 Å². The van der Waals surface area contributed by atoms with E-state index in [0.717, 1.165) is 0 Å². The standard InChI is InChI=1S/C20H31N7O8S/c1-36-5-4-13(19(33)27-14(20(34)35)6-10-8-23-9-24-10)26-18(32)12(2-3-15(22)28)25-17(31)11(21)7-16(29)30/h8-9,11-14H,2-7,21H2,1H3,(H2,22,28)(H,23,24)(H,25,31)(H,26,32)(H,27,33)(H,29,30)(H,34,35). The maximum Gasteiger partial charge on any atom is 0.326 e. The zero-order chi connectivity index (χ0) is 27.3. The molecular formula is C20H31N7O8S. The van der Waals surface area contributed by atoms with Crippen LogP contribution in [0.4, 0.5) is 0 Å². The van der Waals surface area contributed by atoms with Crippen LogP contribution >= 0.6 is 11.8 Å². The number of carbonyl (C=O) groups excluding carboxylic acids is 4. The Hall–Kier alpha value is -3.66. The van der Waals surface area contributed by atoms with Gasteiger partial charge in [0.05, 0.1) is 18.8 Å². The van der Waals surface area contributed by atoms with Crippen molar-refractivity contribution in [1.82, 2.24) is 25.9 Å². The smallest absolute Gasteiger partial charge is 0.326 e. The summed E-state index contributed by atoms with van der Waals surface area (Å²) in [4.78, 5) is 78.3. The van der Waals surface area contributed by atoms with Crippen molar-refractivity contribution >= 4 is 47.3 Å². The number of rotatable bonds is 17. The maximum atomic E-state index is 12.9. The Morgan fingerprint density at radius 3 is 2.08 bits per heavy atom.